The minimum atomic E-state index is 0.299. The molecule has 1 aliphatic heterocycles. The molecule has 6 heteroatoms. The van der Waals surface area contributed by atoms with Crippen molar-refractivity contribution in [2.75, 3.05) is 20.8 Å². The van der Waals surface area contributed by atoms with E-state index in [1.165, 1.54) is 5.56 Å². The predicted octanol–water partition coefficient (Wildman–Crippen LogP) is 2.73. The number of rotatable bonds is 5. The van der Waals surface area contributed by atoms with Gasteiger partial charge in [0, 0.05) is 24.6 Å². The van der Waals surface area contributed by atoms with Gasteiger partial charge in [-0.15, -0.1) is 10.2 Å². The van der Waals surface area contributed by atoms with Gasteiger partial charge < -0.3 is 13.9 Å². The first kappa shape index (κ1) is 14.8. The molecule has 1 unspecified atom stereocenters. The molecule has 0 bridgehead atoms. The van der Waals surface area contributed by atoms with Crippen LogP contribution in [0.5, 0.6) is 11.5 Å². The second-order valence-corrected chi connectivity index (χ2v) is 5.45. The number of nitrogens with zero attached hydrogens (tertiary/aromatic N) is 3. The maximum absolute atomic E-state index is 5.54. The number of likely N-dealkylation sites (tertiary alicyclic amines) is 1. The standard InChI is InChI=1S/C16H21N3O3/c1-11-17-18-16(22-11)10-19-8-4-5-14(19)13-7-6-12(20-2)9-15(13)21-3/h6-7,9,14H,4-5,8,10H2,1-3H3. The van der Waals surface area contributed by atoms with Gasteiger partial charge in [-0.3, -0.25) is 4.90 Å². The number of hydrogen-bond donors (Lipinski definition) is 0. The average molecular weight is 303 g/mol. The number of aromatic nitrogens is 2. The van der Waals surface area contributed by atoms with Crippen LogP contribution in [-0.2, 0) is 6.54 Å². The topological polar surface area (TPSA) is 60.6 Å². The van der Waals surface area contributed by atoms with Gasteiger partial charge in [0.2, 0.25) is 11.8 Å². The van der Waals surface area contributed by atoms with Gasteiger partial charge in [0.15, 0.2) is 0 Å². The number of methoxy groups -OCH3 is 2. The third-order valence-electron chi connectivity index (χ3n) is 4.07. The Balaban J connectivity index is 1.83. The maximum atomic E-state index is 5.54. The third kappa shape index (κ3) is 2.92. The van der Waals surface area contributed by atoms with Crippen LogP contribution in [0.15, 0.2) is 22.6 Å². The van der Waals surface area contributed by atoms with Crippen LogP contribution in [-0.4, -0.2) is 35.9 Å². The van der Waals surface area contributed by atoms with Crippen LogP contribution in [0.3, 0.4) is 0 Å². The van der Waals surface area contributed by atoms with Crippen LogP contribution in [0.1, 0.15) is 36.2 Å². The fraction of sp³-hybridized carbons (Fsp3) is 0.500. The first-order valence-corrected chi connectivity index (χ1v) is 7.46. The molecule has 22 heavy (non-hydrogen) atoms. The summed E-state index contributed by atoms with van der Waals surface area (Å²) in [7, 11) is 3.35. The smallest absolute Gasteiger partial charge is 0.230 e. The number of aryl methyl sites for hydroxylation is 1. The molecule has 0 spiro atoms. The summed E-state index contributed by atoms with van der Waals surface area (Å²) in [5.74, 6) is 2.93. The van der Waals surface area contributed by atoms with Crippen molar-refractivity contribution >= 4 is 0 Å². The third-order valence-corrected chi connectivity index (χ3v) is 4.07. The average Bonchev–Trinajstić information content (AvgIpc) is 3.16. The summed E-state index contributed by atoms with van der Waals surface area (Å²) in [6.07, 6.45) is 2.24. The summed E-state index contributed by atoms with van der Waals surface area (Å²) in [6.45, 7) is 3.49. The Morgan fingerprint density at radius 1 is 1.27 bits per heavy atom. The van der Waals surface area contributed by atoms with Gasteiger partial charge in [0.05, 0.1) is 20.8 Å². The molecular formula is C16H21N3O3. The van der Waals surface area contributed by atoms with Crippen molar-refractivity contribution in [1.29, 1.82) is 0 Å². The molecule has 0 amide bonds. The maximum Gasteiger partial charge on any atom is 0.230 e. The summed E-state index contributed by atoms with van der Waals surface area (Å²) in [4.78, 5) is 2.36. The van der Waals surface area contributed by atoms with Gasteiger partial charge in [-0.05, 0) is 25.5 Å². The zero-order valence-corrected chi connectivity index (χ0v) is 13.2. The normalized spacial score (nSPS) is 18.6. The second kappa shape index (κ2) is 6.36. The Kier molecular flexibility index (Phi) is 4.29. The van der Waals surface area contributed by atoms with Gasteiger partial charge in [0.25, 0.3) is 0 Å². The highest BCUT2D eigenvalue weighted by atomic mass is 16.5. The molecular weight excluding hydrogens is 282 g/mol. The van der Waals surface area contributed by atoms with E-state index < -0.39 is 0 Å². The van der Waals surface area contributed by atoms with Gasteiger partial charge >= 0.3 is 0 Å². The van der Waals surface area contributed by atoms with Crippen molar-refractivity contribution in [2.24, 2.45) is 0 Å². The Labute approximate surface area is 130 Å². The van der Waals surface area contributed by atoms with E-state index in [9.17, 15) is 0 Å². The molecule has 3 rings (SSSR count). The molecule has 0 aliphatic carbocycles. The largest absolute Gasteiger partial charge is 0.497 e. The van der Waals surface area contributed by atoms with E-state index in [2.05, 4.69) is 21.2 Å². The molecule has 1 saturated heterocycles. The monoisotopic (exact) mass is 303 g/mol. The summed E-state index contributed by atoms with van der Waals surface area (Å²) in [5.41, 5.74) is 1.18. The molecule has 1 aromatic carbocycles. The van der Waals surface area contributed by atoms with Crippen molar-refractivity contribution in [3.05, 3.63) is 35.5 Å². The number of benzene rings is 1. The van der Waals surface area contributed by atoms with Crippen molar-refractivity contribution in [3.63, 3.8) is 0 Å². The van der Waals surface area contributed by atoms with Crippen LogP contribution >= 0.6 is 0 Å². The Morgan fingerprint density at radius 3 is 2.82 bits per heavy atom. The molecule has 0 N–H and O–H groups in total. The summed E-state index contributed by atoms with van der Waals surface area (Å²) in [5, 5.41) is 8.00. The van der Waals surface area contributed by atoms with E-state index in [4.69, 9.17) is 13.9 Å². The Hall–Kier alpha value is -2.08. The molecule has 0 radical (unpaired) electrons. The van der Waals surface area contributed by atoms with E-state index in [1.54, 1.807) is 14.2 Å². The SMILES string of the molecule is COc1ccc(C2CCCN2Cc2nnc(C)o2)c(OC)c1. The van der Waals surface area contributed by atoms with E-state index >= 15 is 0 Å². The molecule has 118 valence electrons. The van der Waals surface area contributed by atoms with Gasteiger partial charge in [-0.25, -0.2) is 0 Å². The highest BCUT2D eigenvalue weighted by molar-refractivity contribution is 5.42. The van der Waals surface area contributed by atoms with Gasteiger partial charge in [-0.2, -0.15) is 0 Å². The van der Waals surface area contributed by atoms with Crippen molar-refractivity contribution < 1.29 is 13.9 Å². The second-order valence-electron chi connectivity index (χ2n) is 5.45. The predicted molar refractivity (Wildman–Crippen MR) is 81.0 cm³/mol. The minimum Gasteiger partial charge on any atom is -0.497 e. The lowest BCUT2D eigenvalue weighted by molar-refractivity contribution is 0.218. The zero-order chi connectivity index (χ0) is 15.5. The molecule has 1 aliphatic rings. The van der Waals surface area contributed by atoms with Gasteiger partial charge in [-0.1, -0.05) is 6.07 Å². The molecule has 1 fully saturated rings. The van der Waals surface area contributed by atoms with Gasteiger partial charge in [0.1, 0.15) is 11.5 Å². The molecule has 2 heterocycles. The fourth-order valence-electron chi connectivity index (χ4n) is 3.04. The van der Waals surface area contributed by atoms with E-state index in [0.29, 0.717) is 24.4 Å². The van der Waals surface area contributed by atoms with E-state index in [1.807, 2.05) is 19.1 Å². The molecule has 6 nitrogen and oxygen atoms in total. The Bertz CT molecular complexity index is 641. The van der Waals surface area contributed by atoms with Crippen LogP contribution in [0.25, 0.3) is 0 Å². The lowest BCUT2D eigenvalue weighted by Crippen LogP contribution is -2.23. The summed E-state index contributed by atoms with van der Waals surface area (Å²) < 4.78 is 16.3. The van der Waals surface area contributed by atoms with Crippen LogP contribution in [0, 0.1) is 6.92 Å². The summed E-state index contributed by atoms with van der Waals surface area (Å²) in [6, 6.07) is 6.29. The Morgan fingerprint density at radius 2 is 2.14 bits per heavy atom. The van der Waals surface area contributed by atoms with E-state index in [0.717, 1.165) is 30.9 Å². The summed E-state index contributed by atoms with van der Waals surface area (Å²) >= 11 is 0. The lowest BCUT2D eigenvalue weighted by atomic mass is 10.0. The van der Waals surface area contributed by atoms with Crippen LogP contribution in [0.4, 0.5) is 0 Å². The first-order valence-electron chi connectivity index (χ1n) is 7.46. The molecule has 1 atom stereocenters. The lowest BCUT2D eigenvalue weighted by Gasteiger charge is -2.25. The highest BCUT2D eigenvalue weighted by Gasteiger charge is 2.29. The van der Waals surface area contributed by atoms with Crippen molar-refractivity contribution in [1.82, 2.24) is 15.1 Å². The minimum absolute atomic E-state index is 0.299. The first-order chi connectivity index (χ1) is 10.7. The molecule has 1 aromatic heterocycles. The zero-order valence-electron chi connectivity index (χ0n) is 13.2. The number of ether oxygens (including phenoxy) is 2. The van der Waals surface area contributed by atoms with E-state index in [-0.39, 0.29) is 0 Å². The van der Waals surface area contributed by atoms with Crippen LogP contribution in [0.2, 0.25) is 0 Å². The van der Waals surface area contributed by atoms with Crippen LogP contribution < -0.4 is 9.47 Å². The quantitative estimate of drug-likeness (QED) is 0.846. The van der Waals surface area contributed by atoms with Crippen molar-refractivity contribution in [3.8, 4) is 11.5 Å². The fourth-order valence-corrected chi connectivity index (χ4v) is 3.04. The molecule has 0 saturated carbocycles. The van der Waals surface area contributed by atoms with Crippen molar-refractivity contribution in [2.45, 2.75) is 32.4 Å². The highest BCUT2D eigenvalue weighted by Crippen LogP contribution is 2.39. The molecule has 2 aromatic rings. The number of hydrogen-bond acceptors (Lipinski definition) is 6.